The number of hydrogen-bond acceptors (Lipinski definition) is 6. The predicted octanol–water partition coefficient (Wildman–Crippen LogP) is -0.296. The van der Waals surface area contributed by atoms with Crippen LogP contribution in [0.25, 0.3) is 0 Å². The van der Waals surface area contributed by atoms with Crippen molar-refractivity contribution in [2.24, 2.45) is 5.92 Å². The Bertz CT molecular complexity index is 597. The minimum atomic E-state index is -5.08. The third-order valence-electron chi connectivity index (χ3n) is 5.17. The Morgan fingerprint density at radius 3 is 2.31 bits per heavy atom. The highest BCUT2D eigenvalue weighted by molar-refractivity contribution is 5.80. The van der Waals surface area contributed by atoms with Gasteiger partial charge in [0.2, 0.25) is 11.8 Å². The van der Waals surface area contributed by atoms with E-state index in [1.54, 1.807) is 7.05 Å². The molecule has 166 valence electrons. The molecule has 0 aromatic carbocycles. The second kappa shape index (κ2) is 10.2. The molecule has 2 N–H and O–H groups in total. The molecule has 29 heavy (non-hydrogen) atoms. The topological polar surface area (TPSA) is 108 Å². The van der Waals surface area contributed by atoms with Crippen molar-refractivity contribution in [3.63, 3.8) is 0 Å². The summed E-state index contributed by atoms with van der Waals surface area (Å²) in [5, 5.41) is 9.79. The van der Waals surface area contributed by atoms with E-state index in [0.717, 1.165) is 19.4 Å². The number of nitrogens with one attached hydrogen (secondary N) is 1. The number of fused-ring (bicyclic) bond motifs is 1. The van der Waals surface area contributed by atoms with Gasteiger partial charge >= 0.3 is 12.1 Å². The van der Waals surface area contributed by atoms with Crippen LogP contribution in [0.15, 0.2) is 0 Å². The molecule has 0 bridgehead atoms. The number of amides is 2. The van der Waals surface area contributed by atoms with E-state index in [-0.39, 0.29) is 29.9 Å². The molecule has 0 aromatic rings. The number of carboxylic acid groups (broad SMARTS) is 1. The van der Waals surface area contributed by atoms with Crippen LogP contribution in [0.5, 0.6) is 0 Å². The fraction of sp³-hybridized carbons (Fsp3) is 0.824. The van der Waals surface area contributed by atoms with Gasteiger partial charge in [-0.15, -0.1) is 0 Å². The summed E-state index contributed by atoms with van der Waals surface area (Å²) in [5.74, 6) is -2.44. The summed E-state index contributed by atoms with van der Waals surface area (Å²) in [5.41, 5.74) is 0. The Morgan fingerprint density at radius 2 is 1.76 bits per heavy atom. The Labute approximate surface area is 166 Å². The highest BCUT2D eigenvalue weighted by atomic mass is 19.4. The maximum Gasteiger partial charge on any atom is 0.490 e. The molecular formula is C17H26F3N3O6. The van der Waals surface area contributed by atoms with E-state index >= 15 is 0 Å². The number of likely N-dealkylation sites (N-methyl/N-ethyl adjacent to an activating group) is 1. The minimum Gasteiger partial charge on any atom is -0.475 e. The lowest BCUT2D eigenvalue weighted by molar-refractivity contribution is -0.192. The van der Waals surface area contributed by atoms with Crippen LogP contribution < -0.4 is 5.32 Å². The molecule has 0 spiro atoms. The van der Waals surface area contributed by atoms with Crippen LogP contribution in [0.4, 0.5) is 13.2 Å². The van der Waals surface area contributed by atoms with Gasteiger partial charge in [-0.3, -0.25) is 14.5 Å². The number of likely N-dealkylation sites (tertiary alicyclic amines) is 1. The zero-order chi connectivity index (χ0) is 21.6. The highest BCUT2D eigenvalue weighted by Gasteiger charge is 2.43. The van der Waals surface area contributed by atoms with Gasteiger partial charge < -0.3 is 24.8 Å². The van der Waals surface area contributed by atoms with E-state index in [2.05, 4.69) is 10.2 Å². The number of carbonyl (C=O) groups excluding carboxylic acids is 2. The van der Waals surface area contributed by atoms with E-state index in [0.29, 0.717) is 39.5 Å². The molecule has 3 saturated heterocycles. The average molecular weight is 425 g/mol. The summed E-state index contributed by atoms with van der Waals surface area (Å²) < 4.78 is 42.9. The van der Waals surface area contributed by atoms with Gasteiger partial charge in [0.1, 0.15) is 0 Å². The van der Waals surface area contributed by atoms with E-state index in [9.17, 15) is 22.8 Å². The van der Waals surface area contributed by atoms with Gasteiger partial charge in [0, 0.05) is 45.8 Å². The second-order valence-electron chi connectivity index (χ2n) is 7.05. The van der Waals surface area contributed by atoms with E-state index in [4.69, 9.17) is 19.4 Å². The van der Waals surface area contributed by atoms with Crippen molar-refractivity contribution < 1.29 is 42.1 Å². The van der Waals surface area contributed by atoms with Crippen LogP contribution >= 0.6 is 0 Å². The number of halogens is 3. The first kappa shape index (κ1) is 23.4. The third-order valence-corrected chi connectivity index (χ3v) is 5.17. The SMILES string of the molecule is CNC(=O)CN1CCO[C@H]2CN(C(=O)C3CCOCC3)C[C@H]21.O=C(O)C(F)(F)F. The molecule has 9 nitrogen and oxygen atoms in total. The van der Waals surface area contributed by atoms with Crippen LogP contribution in [0.1, 0.15) is 12.8 Å². The van der Waals surface area contributed by atoms with E-state index in [1.165, 1.54) is 0 Å². The predicted molar refractivity (Wildman–Crippen MR) is 93.0 cm³/mol. The summed E-state index contributed by atoms with van der Waals surface area (Å²) in [6.45, 7) is 4.40. The van der Waals surface area contributed by atoms with Crippen molar-refractivity contribution in [2.45, 2.75) is 31.2 Å². The van der Waals surface area contributed by atoms with Crippen LogP contribution in [0, 0.1) is 5.92 Å². The van der Waals surface area contributed by atoms with Gasteiger partial charge in [-0.25, -0.2) is 4.79 Å². The number of carbonyl (C=O) groups is 3. The van der Waals surface area contributed by atoms with Crippen molar-refractivity contribution in [1.82, 2.24) is 15.1 Å². The first-order chi connectivity index (χ1) is 13.6. The van der Waals surface area contributed by atoms with Crippen LogP contribution in [-0.4, -0.2) is 104 Å². The zero-order valence-corrected chi connectivity index (χ0v) is 16.1. The number of rotatable bonds is 3. The summed E-state index contributed by atoms with van der Waals surface area (Å²) in [7, 11) is 1.65. The van der Waals surface area contributed by atoms with Gasteiger partial charge in [-0.2, -0.15) is 13.2 Å². The van der Waals surface area contributed by atoms with Gasteiger partial charge in [0.25, 0.3) is 0 Å². The second-order valence-corrected chi connectivity index (χ2v) is 7.05. The molecule has 2 atom stereocenters. The maximum absolute atomic E-state index is 12.6. The fourth-order valence-corrected chi connectivity index (χ4v) is 3.60. The van der Waals surface area contributed by atoms with E-state index in [1.807, 2.05) is 4.90 Å². The first-order valence-electron chi connectivity index (χ1n) is 9.36. The average Bonchev–Trinajstić information content (AvgIpc) is 3.13. The quantitative estimate of drug-likeness (QED) is 0.639. The highest BCUT2D eigenvalue weighted by Crippen LogP contribution is 2.26. The van der Waals surface area contributed by atoms with Gasteiger partial charge in [-0.05, 0) is 12.8 Å². The Morgan fingerprint density at radius 1 is 1.14 bits per heavy atom. The molecule has 12 heteroatoms. The molecule has 0 aliphatic carbocycles. The summed E-state index contributed by atoms with van der Waals surface area (Å²) in [6, 6.07) is 0.134. The number of hydrogen-bond donors (Lipinski definition) is 2. The van der Waals surface area contributed by atoms with Crippen molar-refractivity contribution >= 4 is 17.8 Å². The number of carboxylic acids is 1. The Kier molecular flexibility index (Phi) is 8.23. The lowest BCUT2D eigenvalue weighted by Gasteiger charge is -2.35. The minimum absolute atomic E-state index is 0.00913. The van der Waals surface area contributed by atoms with Crippen LogP contribution in [-0.2, 0) is 23.9 Å². The molecule has 2 amide bonds. The molecule has 3 aliphatic heterocycles. The maximum atomic E-state index is 12.6. The lowest BCUT2D eigenvalue weighted by Crippen LogP contribution is -2.53. The Balaban J connectivity index is 0.000000370. The smallest absolute Gasteiger partial charge is 0.475 e. The van der Waals surface area contributed by atoms with Gasteiger partial charge in [-0.1, -0.05) is 0 Å². The molecule has 3 rings (SSSR count). The standard InChI is InChI=1S/C15H25N3O4.C2HF3O2/c1-16-14(19)10-17-4-7-22-13-9-18(8-12(13)17)15(20)11-2-5-21-6-3-11;3-2(4,5)1(6)7/h11-13H,2-10H2,1H3,(H,16,19);(H,6,7)/t12-,13+;/m1./s1. The summed E-state index contributed by atoms with van der Waals surface area (Å²) in [4.78, 5) is 37.3. The summed E-state index contributed by atoms with van der Waals surface area (Å²) >= 11 is 0. The van der Waals surface area contributed by atoms with Gasteiger partial charge in [0.05, 0.1) is 25.3 Å². The van der Waals surface area contributed by atoms with Crippen LogP contribution in [0.2, 0.25) is 0 Å². The summed E-state index contributed by atoms with van der Waals surface area (Å²) in [6.07, 6.45) is -3.43. The van der Waals surface area contributed by atoms with Gasteiger partial charge in [0.15, 0.2) is 0 Å². The van der Waals surface area contributed by atoms with Crippen molar-refractivity contribution in [3.8, 4) is 0 Å². The molecule has 3 aliphatic rings. The number of morpholine rings is 1. The molecular weight excluding hydrogens is 399 g/mol. The largest absolute Gasteiger partial charge is 0.490 e. The van der Waals surface area contributed by atoms with Crippen molar-refractivity contribution in [3.05, 3.63) is 0 Å². The number of nitrogens with zero attached hydrogens (tertiary/aromatic N) is 2. The number of aliphatic carboxylic acids is 1. The molecule has 3 heterocycles. The normalized spacial score (nSPS) is 25.6. The molecule has 0 saturated carbocycles. The third kappa shape index (κ3) is 6.54. The monoisotopic (exact) mass is 425 g/mol. The zero-order valence-electron chi connectivity index (χ0n) is 16.1. The molecule has 0 aromatic heterocycles. The van der Waals surface area contributed by atoms with Crippen molar-refractivity contribution in [1.29, 1.82) is 0 Å². The Hall–Kier alpha value is -1.92. The van der Waals surface area contributed by atoms with Crippen LogP contribution in [0.3, 0.4) is 0 Å². The molecule has 3 fully saturated rings. The van der Waals surface area contributed by atoms with Crippen molar-refractivity contribution in [2.75, 3.05) is 53.0 Å². The number of ether oxygens (including phenoxy) is 2. The first-order valence-corrected chi connectivity index (χ1v) is 9.36. The number of alkyl halides is 3. The molecule has 0 radical (unpaired) electrons. The lowest BCUT2D eigenvalue weighted by atomic mass is 9.99. The molecule has 0 unspecified atom stereocenters. The van der Waals surface area contributed by atoms with E-state index < -0.39 is 12.1 Å². The fourth-order valence-electron chi connectivity index (χ4n) is 3.60.